The monoisotopic (exact) mass is 279 g/mol. The van der Waals surface area contributed by atoms with Crippen molar-refractivity contribution in [2.45, 2.75) is 39.3 Å². The highest BCUT2D eigenvalue weighted by Crippen LogP contribution is 2.14. The Kier molecular flexibility index (Phi) is 8.12. The third-order valence-electron chi connectivity index (χ3n) is 2.16. The van der Waals surface area contributed by atoms with Crippen LogP contribution in [-0.4, -0.2) is 41.8 Å². The lowest BCUT2D eigenvalue weighted by atomic mass is 10.1. The minimum Gasteiger partial charge on any atom is -0.444 e. The number of carbonyl (C=O) groups excluding carboxylic acids is 1. The number of nitrogens with one attached hydrogen (secondary N) is 1. The lowest BCUT2D eigenvalue weighted by Crippen LogP contribution is -2.44. The minimum atomic E-state index is -0.434. The molecule has 0 saturated heterocycles. The molecule has 0 rings (SSSR count). The molecule has 0 fully saturated rings. The van der Waals surface area contributed by atoms with Gasteiger partial charge in [0.1, 0.15) is 5.60 Å². The van der Waals surface area contributed by atoms with Crippen LogP contribution < -0.4 is 5.32 Å². The standard InChI is InChI=1S/C12H25NO2S2/c1-9(7-16-5)10(8-17-6)13-11(14)15-12(2,3)4/h9-10H,7-8H2,1-6H3,(H,13,14). The molecular formula is C12H25NO2S2. The van der Waals surface area contributed by atoms with Gasteiger partial charge >= 0.3 is 6.09 Å². The topological polar surface area (TPSA) is 38.3 Å². The summed E-state index contributed by atoms with van der Waals surface area (Å²) in [4.78, 5) is 11.7. The van der Waals surface area contributed by atoms with E-state index in [1.54, 1.807) is 23.5 Å². The smallest absolute Gasteiger partial charge is 0.407 e. The third-order valence-corrected chi connectivity index (χ3v) is 3.72. The van der Waals surface area contributed by atoms with Crippen molar-refractivity contribution in [3.63, 3.8) is 0 Å². The summed E-state index contributed by atoms with van der Waals surface area (Å²) in [7, 11) is 0. The molecule has 0 aromatic rings. The molecule has 1 amide bonds. The Morgan fingerprint density at radius 2 is 1.76 bits per heavy atom. The Balaban J connectivity index is 4.28. The van der Waals surface area contributed by atoms with Crippen LogP contribution in [0.15, 0.2) is 0 Å². The van der Waals surface area contributed by atoms with E-state index in [0.717, 1.165) is 11.5 Å². The number of ether oxygens (including phenoxy) is 1. The first kappa shape index (κ1) is 17.0. The molecule has 0 radical (unpaired) electrons. The Bertz CT molecular complexity index is 229. The van der Waals surface area contributed by atoms with Gasteiger partial charge in [0, 0.05) is 11.8 Å². The van der Waals surface area contributed by atoms with Crippen molar-refractivity contribution in [3.05, 3.63) is 0 Å². The van der Waals surface area contributed by atoms with Crippen LogP contribution >= 0.6 is 23.5 Å². The van der Waals surface area contributed by atoms with Crippen molar-refractivity contribution in [1.82, 2.24) is 5.32 Å². The molecule has 0 aromatic carbocycles. The number of hydrogen-bond acceptors (Lipinski definition) is 4. The number of thioether (sulfide) groups is 2. The van der Waals surface area contributed by atoms with Gasteiger partial charge < -0.3 is 10.1 Å². The van der Waals surface area contributed by atoms with Crippen molar-refractivity contribution in [3.8, 4) is 0 Å². The van der Waals surface area contributed by atoms with E-state index in [1.807, 2.05) is 20.8 Å². The van der Waals surface area contributed by atoms with Crippen LogP contribution in [0.25, 0.3) is 0 Å². The second kappa shape index (κ2) is 8.14. The predicted octanol–water partition coefficient (Wildman–Crippen LogP) is 3.24. The molecule has 2 atom stereocenters. The van der Waals surface area contributed by atoms with Gasteiger partial charge in [0.15, 0.2) is 0 Å². The summed E-state index contributed by atoms with van der Waals surface area (Å²) in [6, 6.07) is 0.173. The second-order valence-corrected chi connectivity index (χ2v) is 6.96. The van der Waals surface area contributed by atoms with E-state index < -0.39 is 5.60 Å². The number of hydrogen-bond donors (Lipinski definition) is 1. The summed E-state index contributed by atoms with van der Waals surface area (Å²) in [6.45, 7) is 7.79. The highest BCUT2D eigenvalue weighted by molar-refractivity contribution is 7.98. The highest BCUT2D eigenvalue weighted by Gasteiger charge is 2.22. The van der Waals surface area contributed by atoms with Gasteiger partial charge in [-0.15, -0.1) is 0 Å². The number of rotatable bonds is 6. The van der Waals surface area contributed by atoms with Gasteiger partial charge in [-0.25, -0.2) is 4.79 Å². The molecule has 17 heavy (non-hydrogen) atoms. The van der Waals surface area contributed by atoms with Gasteiger partial charge in [-0.1, -0.05) is 6.92 Å². The summed E-state index contributed by atoms with van der Waals surface area (Å²) in [5.41, 5.74) is -0.434. The van der Waals surface area contributed by atoms with Crippen molar-refractivity contribution < 1.29 is 9.53 Å². The zero-order valence-corrected chi connectivity index (χ0v) is 13.3. The van der Waals surface area contributed by atoms with E-state index in [-0.39, 0.29) is 12.1 Å². The van der Waals surface area contributed by atoms with Crippen LogP contribution in [0.4, 0.5) is 4.79 Å². The van der Waals surface area contributed by atoms with Crippen LogP contribution in [0, 0.1) is 5.92 Å². The van der Waals surface area contributed by atoms with E-state index in [2.05, 4.69) is 24.8 Å². The fourth-order valence-corrected chi connectivity index (χ4v) is 2.89. The molecule has 102 valence electrons. The minimum absolute atomic E-state index is 0.173. The fraction of sp³-hybridized carbons (Fsp3) is 0.917. The van der Waals surface area contributed by atoms with E-state index in [9.17, 15) is 4.79 Å². The Morgan fingerprint density at radius 3 is 2.18 bits per heavy atom. The summed E-state index contributed by atoms with van der Waals surface area (Å²) in [5.74, 6) is 2.41. The number of carbonyl (C=O) groups is 1. The van der Waals surface area contributed by atoms with E-state index >= 15 is 0 Å². The van der Waals surface area contributed by atoms with Crippen molar-refractivity contribution in [2.75, 3.05) is 24.0 Å². The number of amides is 1. The Labute approximate surface area is 114 Å². The predicted molar refractivity (Wildman–Crippen MR) is 79.1 cm³/mol. The molecule has 5 heteroatoms. The highest BCUT2D eigenvalue weighted by atomic mass is 32.2. The van der Waals surface area contributed by atoms with Crippen LogP contribution in [-0.2, 0) is 4.74 Å². The van der Waals surface area contributed by atoms with Crippen molar-refractivity contribution >= 4 is 29.6 Å². The largest absolute Gasteiger partial charge is 0.444 e. The van der Waals surface area contributed by atoms with Crippen molar-refractivity contribution in [2.24, 2.45) is 5.92 Å². The molecule has 0 aliphatic rings. The molecule has 1 N–H and O–H groups in total. The summed E-state index contributed by atoms with van der Waals surface area (Å²) < 4.78 is 5.28. The summed E-state index contributed by atoms with van der Waals surface area (Å²) >= 11 is 3.55. The molecule has 0 saturated carbocycles. The third kappa shape index (κ3) is 8.66. The summed E-state index contributed by atoms with van der Waals surface area (Å²) in [6.07, 6.45) is 3.82. The van der Waals surface area contributed by atoms with Gasteiger partial charge in [0.05, 0.1) is 0 Å². The second-order valence-electron chi connectivity index (χ2n) is 5.14. The zero-order valence-electron chi connectivity index (χ0n) is 11.7. The molecule has 0 aromatic heterocycles. The van der Waals surface area contributed by atoms with Crippen LogP contribution in [0.1, 0.15) is 27.7 Å². The normalized spacial score (nSPS) is 15.2. The summed E-state index contributed by atoms with van der Waals surface area (Å²) in [5, 5.41) is 2.96. The quantitative estimate of drug-likeness (QED) is 0.810. The van der Waals surface area contributed by atoms with E-state index in [0.29, 0.717) is 5.92 Å². The lowest BCUT2D eigenvalue weighted by molar-refractivity contribution is 0.0498. The van der Waals surface area contributed by atoms with Gasteiger partial charge in [-0.2, -0.15) is 23.5 Å². The molecule has 2 unspecified atom stereocenters. The average molecular weight is 279 g/mol. The molecule has 3 nitrogen and oxygen atoms in total. The van der Waals surface area contributed by atoms with Crippen LogP contribution in [0.2, 0.25) is 0 Å². The van der Waals surface area contributed by atoms with Gasteiger partial charge in [0.2, 0.25) is 0 Å². The molecule has 0 spiro atoms. The first-order chi connectivity index (χ1) is 7.80. The maximum atomic E-state index is 11.7. The van der Waals surface area contributed by atoms with Gasteiger partial charge in [-0.05, 0) is 45.0 Å². The first-order valence-electron chi connectivity index (χ1n) is 5.77. The molecule has 0 heterocycles. The van der Waals surface area contributed by atoms with Gasteiger partial charge in [-0.3, -0.25) is 0 Å². The Hall–Kier alpha value is -0.0300. The lowest BCUT2D eigenvalue weighted by Gasteiger charge is -2.26. The van der Waals surface area contributed by atoms with Crippen LogP contribution in [0.3, 0.4) is 0 Å². The average Bonchev–Trinajstić information content (AvgIpc) is 2.14. The Morgan fingerprint density at radius 1 is 1.24 bits per heavy atom. The van der Waals surface area contributed by atoms with Crippen LogP contribution in [0.5, 0.6) is 0 Å². The maximum absolute atomic E-state index is 11.7. The molecular weight excluding hydrogens is 254 g/mol. The molecule has 0 aliphatic carbocycles. The van der Waals surface area contributed by atoms with Gasteiger partial charge in [0.25, 0.3) is 0 Å². The van der Waals surface area contributed by atoms with Crippen molar-refractivity contribution in [1.29, 1.82) is 0 Å². The molecule has 0 aliphatic heterocycles. The van der Waals surface area contributed by atoms with E-state index in [1.165, 1.54) is 0 Å². The van der Waals surface area contributed by atoms with E-state index in [4.69, 9.17) is 4.74 Å². The number of alkyl carbamates (subject to hydrolysis) is 1. The fourth-order valence-electron chi connectivity index (χ4n) is 1.37. The molecule has 0 bridgehead atoms. The SMILES string of the molecule is CSCC(C)C(CSC)NC(=O)OC(C)(C)C. The zero-order chi connectivity index (χ0) is 13.5. The maximum Gasteiger partial charge on any atom is 0.407 e. The first-order valence-corrected chi connectivity index (χ1v) is 8.56.